The number of benzene rings is 3. The third-order valence-electron chi connectivity index (χ3n) is 7.23. The van der Waals surface area contributed by atoms with Gasteiger partial charge in [-0.25, -0.2) is 8.42 Å². The molecule has 6 rings (SSSR count). The van der Waals surface area contributed by atoms with E-state index in [0.29, 0.717) is 49.5 Å². The number of nitrogens with zero attached hydrogens (tertiary/aromatic N) is 6. The van der Waals surface area contributed by atoms with Crippen LogP contribution < -0.4 is 9.21 Å². The summed E-state index contributed by atoms with van der Waals surface area (Å²) in [7, 11) is -3.70. The van der Waals surface area contributed by atoms with E-state index in [1.807, 2.05) is 30.3 Å². The molecular weight excluding hydrogens is 566 g/mol. The van der Waals surface area contributed by atoms with E-state index in [-0.39, 0.29) is 18.2 Å². The molecule has 0 spiro atoms. The van der Waals surface area contributed by atoms with Gasteiger partial charge in [-0.3, -0.25) is 9.21 Å². The van der Waals surface area contributed by atoms with Crippen LogP contribution in [-0.4, -0.2) is 67.1 Å². The second-order valence-electron chi connectivity index (χ2n) is 9.93. The summed E-state index contributed by atoms with van der Waals surface area (Å²) < 4.78 is 64.9. The lowest BCUT2D eigenvalue weighted by atomic mass is 10.1. The molecule has 2 aromatic heterocycles. The number of anilines is 2. The van der Waals surface area contributed by atoms with E-state index in [1.165, 1.54) is 4.31 Å². The second kappa shape index (κ2) is 11.9. The summed E-state index contributed by atoms with van der Waals surface area (Å²) in [5.41, 5.74) is 2.48. The zero-order valence-electron chi connectivity index (χ0n) is 22.5. The Labute approximate surface area is 241 Å². The lowest BCUT2D eigenvalue weighted by molar-refractivity contribution is 0.116. The van der Waals surface area contributed by atoms with E-state index in [2.05, 4.69) is 25.2 Å². The highest BCUT2D eigenvalue weighted by molar-refractivity contribution is 7.92. The summed E-state index contributed by atoms with van der Waals surface area (Å²) in [5, 5.41) is 12.2. The number of sulfonamides is 1. The normalized spacial score (nSPS) is 14.6. The molecule has 0 amide bonds. The average molecular weight is 595 g/mol. The van der Waals surface area contributed by atoms with E-state index < -0.39 is 22.3 Å². The van der Waals surface area contributed by atoms with Gasteiger partial charge >= 0.3 is 6.43 Å². The van der Waals surface area contributed by atoms with E-state index in [1.54, 1.807) is 48.5 Å². The summed E-state index contributed by atoms with van der Waals surface area (Å²) in [6, 6.07) is 23.4. The highest BCUT2D eigenvalue weighted by Crippen LogP contribution is 2.28. The van der Waals surface area contributed by atoms with Gasteiger partial charge in [0.15, 0.2) is 11.4 Å². The Balaban J connectivity index is 1.11. The Morgan fingerprint density at radius 1 is 0.881 bits per heavy atom. The fraction of sp³-hybridized carbons (Fsp3) is 0.276. The van der Waals surface area contributed by atoms with Gasteiger partial charge in [0.25, 0.3) is 5.89 Å². The van der Waals surface area contributed by atoms with Crippen LogP contribution in [0.4, 0.5) is 20.3 Å². The van der Waals surface area contributed by atoms with Crippen LogP contribution in [0.2, 0.25) is 0 Å². The van der Waals surface area contributed by atoms with Crippen molar-refractivity contribution in [2.75, 3.05) is 47.7 Å². The second-order valence-corrected chi connectivity index (χ2v) is 11.9. The predicted molar refractivity (Wildman–Crippen MR) is 154 cm³/mol. The van der Waals surface area contributed by atoms with Gasteiger partial charge in [0.05, 0.1) is 23.4 Å². The van der Waals surface area contributed by atoms with Crippen molar-refractivity contribution < 1.29 is 26.1 Å². The molecule has 1 saturated heterocycles. The predicted octanol–water partition coefficient (Wildman–Crippen LogP) is 4.97. The number of aromatic nitrogens is 3. The third kappa shape index (κ3) is 5.97. The van der Waals surface area contributed by atoms with Crippen LogP contribution >= 0.6 is 0 Å². The van der Waals surface area contributed by atoms with Crippen molar-refractivity contribution in [2.24, 2.45) is 0 Å². The average Bonchev–Trinajstić information content (AvgIpc) is 3.68. The minimum absolute atomic E-state index is 0.0266. The standard InChI is InChI=1S/C29H28F2N6O4S/c30-26(31)29-33-32-28(40-29)22-12-10-21(11-13-22)20-37(23-6-2-1-3-7-23)42(38,39)19-18-35-14-16-36(17-15-35)27-24-8-4-5-9-25(24)41-34-27/h1-13,26H,14-20H2. The van der Waals surface area contributed by atoms with Crippen molar-refractivity contribution in [3.8, 4) is 11.5 Å². The van der Waals surface area contributed by atoms with E-state index in [4.69, 9.17) is 8.94 Å². The Hall–Kier alpha value is -4.36. The van der Waals surface area contributed by atoms with Crippen molar-refractivity contribution in [3.63, 3.8) is 0 Å². The molecule has 0 bridgehead atoms. The summed E-state index contributed by atoms with van der Waals surface area (Å²) >= 11 is 0. The maximum absolute atomic E-state index is 13.7. The fourth-order valence-electron chi connectivity index (χ4n) is 4.94. The van der Waals surface area contributed by atoms with Gasteiger partial charge in [0.1, 0.15) is 0 Å². The first-order chi connectivity index (χ1) is 20.4. The third-order valence-corrected chi connectivity index (χ3v) is 8.94. The molecule has 3 heterocycles. The van der Waals surface area contributed by atoms with Crippen LogP contribution in [-0.2, 0) is 16.6 Å². The highest BCUT2D eigenvalue weighted by atomic mass is 32.2. The molecule has 0 unspecified atom stereocenters. The minimum Gasteiger partial charge on any atom is -0.415 e. The first-order valence-corrected chi connectivity index (χ1v) is 15.1. The molecule has 13 heteroatoms. The Kier molecular flexibility index (Phi) is 7.85. The van der Waals surface area contributed by atoms with Crippen LogP contribution in [0.15, 0.2) is 87.8 Å². The fourth-order valence-corrected chi connectivity index (χ4v) is 6.44. The number of fused-ring (bicyclic) bond motifs is 1. The van der Waals surface area contributed by atoms with Crippen LogP contribution in [0.5, 0.6) is 0 Å². The van der Waals surface area contributed by atoms with Gasteiger partial charge in [0, 0.05) is 38.3 Å². The first-order valence-electron chi connectivity index (χ1n) is 13.5. The maximum Gasteiger partial charge on any atom is 0.314 e. The molecule has 1 aliphatic rings. The molecule has 0 aliphatic carbocycles. The van der Waals surface area contributed by atoms with Crippen molar-refractivity contribution in [2.45, 2.75) is 13.0 Å². The van der Waals surface area contributed by atoms with Gasteiger partial charge in [-0.1, -0.05) is 47.6 Å². The molecule has 0 saturated carbocycles. The minimum atomic E-state index is -3.70. The molecular formula is C29H28F2N6O4S. The maximum atomic E-state index is 13.7. The monoisotopic (exact) mass is 594 g/mol. The van der Waals surface area contributed by atoms with Crippen LogP contribution in [0, 0.1) is 0 Å². The topological polar surface area (TPSA) is 109 Å². The van der Waals surface area contributed by atoms with Crippen LogP contribution in [0.1, 0.15) is 17.9 Å². The molecule has 42 heavy (non-hydrogen) atoms. The SMILES string of the molecule is O=S(=O)(CCN1CCN(c2noc3ccccc23)CC1)N(Cc1ccc(-c2nnc(C(F)F)o2)cc1)c1ccccc1. The number of hydrogen-bond acceptors (Lipinski definition) is 9. The molecule has 0 atom stereocenters. The zero-order chi connectivity index (χ0) is 29.1. The van der Waals surface area contributed by atoms with Crippen molar-refractivity contribution in [1.82, 2.24) is 20.3 Å². The van der Waals surface area contributed by atoms with Gasteiger partial charge in [0.2, 0.25) is 15.9 Å². The van der Waals surface area contributed by atoms with Crippen LogP contribution in [0.3, 0.4) is 0 Å². The first kappa shape index (κ1) is 27.8. The van der Waals surface area contributed by atoms with E-state index >= 15 is 0 Å². The summed E-state index contributed by atoms with van der Waals surface area (Å²) in [6.07, 6.45) is -2.85. The largest absolute Gasteiger partial charge is 0.415 e. The van der Waals surface area contributed by atoms with Gasteiger partial charge in [-0.05, 0) is 42.0 Å². The number of rotatable bonds is 10. The molecule has 0 N–H and O–H groups in total. The zero-order valence-corrected chi connectivity index (χ0v) is 23.3. The smallest absolute Gasteiger partial charge is 0.314 e. The van der Waals surface area contributed by atoms with Crippen molar-refractivity contribution in [1.29, 1.82) is 0 Å². The number of para-hydroxylation sites is 2. The van der Waals surface area contributed by atoms with E-state index in [9.17, 15) is 17.2 Å². The molecule has 0 radical (unpaired) electrons. The van der Waals surface area contributed by atoms with E-state index in [0.717, 1.165) is 16.8 Å². The Bertz CT molecular complexity index is 1740. The lowest BCUT2D eigenvalue weighted by Crippen LogP contribution is -2.48. The number of alkyl halides is 2. The Morgan fingerprint density at radius 3 is 2.31 bits per heavy atom. The number of piperazine rings is 1. The molecule has 10 nitrogen and oxygen atoms in total. The number of hydrogen-bond donors (Lipinski definition) is 0. The quantitative estimate of drug-likeness (QED) is 0.221. The molecule has 218 valence electrons. The summed E-state index contributed by atoms with van der Waals surface area (Å²) in [4.78, 5) is 4.31. The lowest BCUT2D eigenvalue weighted by Gasteiger charge is -2.35. The molecule has 5 aromatic rings. The van der Waals surface area contributed by atoms with Gasteiger partial charge in [-0.15, -0.1) is 10.2 Å². The van der Waals surface area contributed by atoms with Crippen molar-refractivity contribution in [3.05, 3.63) is 90.3 Å². The van der Waals surface area contributed by atoms with Crippen LogP contribution in [0.25, 0.3) is 22.4 Å². The van der Waals surface area contributed by atoms with Gasteiger partial charge in [-0.2, -0.15) is 8.78 Å². The molecule has 3 aromatic carbocycles. The number of halogens is 2. The summed E-state index contributed by atoms with van der Waals surface area (Å²) in [5.74, 6) is -0.0111. The Morgan fingerprint density at radius 2 is 1.60 bits per heavy atom. The molecule has 1 aliphatic heterocycles. The van der Waals surface area contributed by atoms with Gasteiger partial charge < -0.3 is 13.8 Å². The van der Waals surface area contributed by atoms with Crippen molar-refractivity contribution >= 4 is 32.5 Å². The molecule has 1 fully saturated rings. The highest BCUT2D eigenvalue weighted by Gasteiger charge is 2.27. The summed E-state index contributed by atoms with van der Waals surface area (Å²) in [6.45, 7) is 3.32.